The van der Waals surface area contributed by atoms with E-state index >= 15 is 0 Å². The Morgan fingerprint density at radius 2 is 2.25 bits per heavy atom. The fraction of sp³-hybridized carbons (Fsp3) is 0.889. The van der Waals surface area contributed by atoms with Crippen molar-refractivity contribution in [1.82, 2.24) is 10.6 Å². The summed E-state index contributed by atoms with van der Waals surface area (Å²) < 4.78 is 0. The topological polar surface area (TPSA) is 41.1 Å². The van der Waals surface area contributed by atoms with E-state index in [4.69, 9.17) is 0 Å². The van der Waals surface area contributed by atoms with E-state index in [0.717, 1.165) is 25.6 Å². The molecule has 12 heavy (non-hydrogen) atoms. The summed E-state index contributed by atoms with van der Waals surface area (Å²) in [6, 6.07) is 0. The smallest absolute Gasteiger partial charge is 0.221 e. The van der Waals surface area contributed by atoms with Crippen molar-refractivity contribution in [2.24, 2.45) is 5.92 Å². The number of nitrogens with one attached hydrogen (secondary N) is 2. The SMILES string of the molecule is CCNCCC(=O)NCC1CC1. The van der Waals surface area contributed by atoms with Crippen LogP contribution in [0, 0.1) is 5.92 Å². The van der Waals surface area contributed by atoms with Gasteiger partial charge in [0.25, 0.3) is 0 Å². The molecule has 1 aliphatic carbocycles. The van der Waals surface area contributed by atoms with Gasteiger partial charge in [0.05, 0.1) is 0 Å². The first-order chi connectivity index (χ1) is 5.83. The molecule has 0 bridgehead atoms. The molecule has 0 atom stereocenters. The van der Waals surface area contributed by atoms with E-state index in [2.05, 4.69) is 10.6 Å². The minimum absolute atomic E-state index is 0.183. The van der Waals surface area contributed by atoms with E-state index in [1.54, 1.807) is 0 Å². The third-order valence-electron chi connectivity index (χ3n) is 2.06. The summed E-state index contributed by atoms with van der Waals surface area (Å²) in [6.45, 7) is 4.68. The average molecular weight is 170 g/mol. The molecule has 0 heterocycles. The van der Waals surface area contributed by atoms with Crippen LogP contribution >= 0.6 is 0 Å². The normalized spacial score (nSPS) is 16.1. The molecule has 1 rings (SSSR count). The molecule has 1 amide bonds. The molecular formula is C9H18N2O. The Kier molecular flexibility index (Phi) is 4.08. The highest BCUT2D eigenvalue weighted by molar-refractivity contribution is 5.76. The first-order valence-electron chi connectivity index (χ1n) is 4.80. The minimum Gasteiger partial charge on any atom is -0.356 e. The molecule has 0 aromatic rings. The maximum absolute atomic E-state index is 11.1. The summed E-state index contributed by atoms with van der Waals surface area (Å²) >= 11 is 0. The van der Waals surface area contributed by atoms with Gasteiger partial charge in [0.1, 0.15) is 0 Å². The summed E-state index contributed by atoms with van der Waals surface area (Å²) in [7, 11) is 0. The highest BCUT2D eigenvalue weighted by Gasteiger charge is 2.21. The predicted octanol–water partition coefficient (Wildman–Crippen LogP) is 0.512. The van der Waals surface area contributed by atoms with Crippen molar-refractivity contribution in [2.45, 2.75) is 26.2 Å². The second-order valence-corrected chi connectivity index (χ2v) is 3.35. The predicted molar refractivity (Wildman–Crippen MR) is 48.9 cm³/mol. The largest absolute Gasteiger partial charge is 0.356 e. The molecule has 1 fully saturated rings. The number of carbonyl (C=O) groups excluding carboxylic acids is 1. The Bertz CT molecular complexity index is 143. The van der Waals surface area contributed by atoms with Gasteiger partial charge in [-0.25, -0.2) is 0 Å². The van der Waals surface area contributed by atoms with E-state index in [0.29, 0.717) is 6.42 Å². The minimum atomic E-state index is 0.183. The lowest BCUT2D eigenvalue weighted by Crippen LogP contribution is -2.29. The molecular weight excluding hydrogens is 152 g/mol. The van der Waals surface area contributed by atoms with Gasteiger partial charge in [-0.3, -0.25) is 4.79 Å². The maximum Gasteiger partial charge on any atom is 0.221 e. The van der Waals surface area contributed by atoms with Crippen molar-refractivity contribution < 1.29 is 4.79 Å². The van der Waals surface area contributed by atoms with Gasteiger partial charge in [0.15, 0.2) is 0 Å². The average Bonchev–Trinajstić information content (AvgIpc) is 2.84. The van der Waals surface area contributed by atoms with Crippen molar-refractivity contribution in [3.05, 3.63) is 0 Å². The van der Waals surface area contributed by atoms with Crippen LogP contribution in [-0.2, 0) is 4.79 Å². The van der Waals surface area contributed by atoms with Crippen LogP contribution < -0.4 is 10.6 Å². The summed E-state index contributed by atoms with van der Waals surface area (Å²) in [5.74, 6) is 0.968. The van der Waals surface area contributed by atoms with Crippen LogP contribution in [0.3, 0.4) is 0 Å². The van der Waals surface area contributed by atoms with E-state index in [-0.39, 0.29) is 5.91 Å². The zero-order valence-electron chi connectivity index (χ0n) is 7.73. The van der Waals surface area contributed by atoms with Crippen molar-refractivity contribution >= 4 is 5.91 Å². The van der Waals surface area contributed by atoms with Crippen LogP contribution in [0.2, 0.25) is 0 Å². The molecule has 0 aromatic heterocycles. The van der Waals surface area contributed by atoms with Gasteiger partial charge in [-0.2, -0.15) is 0 Å². The molecule has 70 valence electrons. The fourth-order valence-electron chi connectivity index (χ4n) is 1.05. The van der Waals surface area contributed by atoms with Gasteiger partial charge in [-0.15, -0.1) is 0 Å². The lowest BCUT2D eigenvalue weighted by atomic mass is 10.3. The third-order valence-corrected chi connectivity index (χ3v) is 2.06. The quantitative estimate of drug-likeness (QED) is 0.570. The van der Waals surface area contributed by atoms with E-state index < -0.39 is 0 Å². The second kappa shape index (κ2) is 5.14. The Morgan fingerprint density at radius 3 is 2.83 bits per heavy atom. The van der Waals surface area contributed by atoms with Gasteiger partial charge in [0, 0.05) is 19.5 Å². The standard InChI is InChI=1S/C9H18N2O/c1-2-10-6-5-9(12)11-7-8-3-4-8/h8,10H,2-7H2,1H3,(H,11,12). The molecule has 1 aliphatic rings. The van der Waals surface area contributed by atoms with Crippen molar-refractivity contribution in [1.29, 1.82) is 0 Å². The maximum atomic E-state index is 11.1. The van der Waals surface area contributed by atoms with Gasteiger partial charge < -0.3 is 10.6 Å². The summed E-state index contributed by atoms with van der Waals surface area (Å²) in [5.41, 5.74) is 0. The molecule has 3 heteroatoms. The second-order valence-electron chi connectivity index (χ2n) is 3.35. The van der Waals surface area contributed by atoms with Crippen LogP contribution in [-0.4, -0.2) is 25.5 Å². The Morgan fingerprint density at radius 1 is 1.50 bits per heavy atom. The molecule has 0 aliphatic heterocycles. The van der Waals surface area contributed by atoms with Crippen molar-refractivity contribution in [3.63, 3.8) is 0 Å². The Hall–Kier alpha value is -0.570. The van der Waals surface area contributed by atoms with Crippen LogP contribution in [0.5, 0.6) is 0 Å². The van der Waals surface area contributed by atoms with Crippen LogP contribution in [0.4, 0.5) is 0 Å². The molecule has 0 spiro atoms. The zero-order chi connectivity index (χ0) is 8.81. The number of hydrogen-bond donors (Lipinski definition) is 2. The number of rotatable bonds is 6. The molecule has 3 nitrogen and oxygen atoms in total. The number of hydrogen-bond acceptors (Lipinski definition) is 2. The van der Waals surface area contributed by atoms with E-state index in [9.17, 15) is 4.79 Å². The molecule has 0 aromatic carbocycles. The molecule has 0 unspecified atom stereocenters. The molecule has 0 saturated heterocycles. The lowest BCUT2D eigenvalue weighted by molar-refractivity contribution is -0.121. The van der Waals surface area contributed by atoms with Crippen LogP contribution in [0.15, 0.2) is 0 Å². The van der Waals surface area contributed by atoms with Gasteiger partial charge >= 0.3 is 0 Å². The summed E-state index contributed by atoms with van der Waals surface area (Å²) in [6.07, 6.45) is 3.21. The Labute approximate surface area is 73.9 Å². The van der Waals surface area contributed by atoms with Gasteiger partial charge in [-0.1, -0.05) is 6.92 Å². The Balaban J connectivity index is 1.88. The van der Waals surface area contributed by atoms with E-state index in [1.807, 2.05) is 6.92 Å². The molecule has 0 radical (unpaired) electrons. The molecule has 2 N–H and O–H groups in total. The highest BCUT2D eigenvalue weighted by atomic mass is 16.1. The summed E-state index contributed by atoms with van der Waals surface area (Å²) in [5, 5.41) is 6.05. The highest BCUT2D eigenvalue weighted by Crippen LogP contribution is 2.27. The van der Waals surface area contributed by atoms with Crippen molar-refractivity contribution in [2.75, 3.05) is 19.6 Å². The zero-order valence-corrected chi connectivity index (χ0v) is 7.73. The first kappa shape index (κ1) is 9.52. The van der Waals surface area contributed by atoms with Crippen LogP contribution in [0.1, 0.15) is 26.2 Å². The van der Waals surface area contributed by atoms with Crippen LogP contribution in [0.25, 0.3) is 0 Å². The van der Waals surface area contributed by atoms with Crippen molar-refractivity contribution in [3.8, 4) is 0 Å². The molecule has 1 saturated carbocycles. The number of carbonyl (C=O) groups is 1. The number of amides is 1. The van der Waals surface area contributed by atoms with Gasteiger partial charge in [0.2, 0.25) is 5.91 Å². The van der Waals surface area contributed by atoms with Gasteiger partial charge in [-0.05, 0) is 25.3 Å². The third kappa shape index (κ3) is 4.34. The monoisotopic (exact) mass is 170 g/mol. The fourth-order valence-corrected chi connectivity index (χ4v) is 1.05. The summed E-state index contributed by atoms with van der Waals surface area (Å²) in [4.78, 5) is 11.1. The van der Waals surface area contributed by atoms with E-state index in [1.165, 1.54) is 12.8 Å². The lowest BCUT2D eigenvalue weighted by Gasteiger charge is -2.03. The first-order valence-corrected chi connectivity index (χ1v) is 4.80.